The van der Waals surface area contributed by atoms with Gasteiger partial charge in [0.05, 0.1) is 50.5 Å². The van der Waals surface area contributed by atoms with E-state index in [1.54, 1.807) is 32.4 Å². The quantitative estimate of drug-likeness (QED) is 0.669. The molecule has 0 saturated carbocycles. The Kier molecular flexibility index (Phi) is 5.20. The highest BCUT2D eigenvalue weighted by Crippen LogP contribution is 2.36. The van der Waals surface area contributed by atoms with E-state index in [-0.39, 0.29) is 6.42 Å². The molecule has 0 aliphatic carbocycles. The Labute approximate surface area is 155 Å². The Bertz CT molecular complexity index is 993. The summed E-state index contributed by atoms with van der Waals surface area (Å²) in [6.07, 6.45) is 2.82. The molecule has 140 valence electrons. The Morgan fingerprint density at radius 2 is 1.67 bits per heavy atom. The smallest absolute Gasteiger partial charge is 0.230 e. The van der Waals surface area contributed by atoms with Crippen molar-refractivity contribution >= 4 is 16.8 Å². The molecule has 2 aromatic heterocycles. The van der Waals surface area contributed by atoms with E-state index < -0.39 is 5.91 Å². The van der Waals surface area contributed by atoms with Gasteiger partial charge in [0.2, 0.25) is 11.8 Å². The number of ether oxygens (including phenoxy) is 4. The lowest BCUT2D eigenvalue weighted by atomic mass is 10.2. The number of primary amides is 1. The summed E-state index contributed by atoms with van der Waals surface area (Å²) in [5.41, 5.74) is 6.27. The Morgan fingerprint density at radius 3 is 2.33 bits per heavy atom. The number of amides is 1. The molecule has 9 heteroatoms. The van der Waals surface area contributed by atoms with Gasteiger partial charge in [-0.05, 0) is 6.07 Å². The largest absolute Gasteiger partial charge is 0.495 e. The molecule has 0 bridgehead atoms. The first-order valence-corrected chi connectivity index (χ1v) is 7.91. The van der Waals surface area contributed by atoms with Crippen LogP contribution in [0, 0.1) is 0 Å². The van der Waals surface area contributed by atoms with Crippen molar-refractivity contribution in [2.45, 2.75) is 6.42 Å². The lowest BCUT2D eigenvalue weighted by Crippen LogP contribution is -2.15. The summed E-state index contributed by atoms with van der Waals surface area (Å²) in [5, 5.41) is 0.635. The normalized spacial score (nSPS) is 10.5. The van der Waals surface area contributed by atoms with Crippen LogP contribution in [0.25, 0.3) is 10.9 Å². The van der Waals surface area contributed by atoms with Gasteiger partial charge in [0.25, 0.3) is 0 Å². The molecule has 2 heterocycles. The van der Waals surface area contributed by atoms with E-state index in [1.165, 1.54) is 19.6 Å². The summed E-state index contributed by atoms with van der Waals surface area (Å²) >= 11 is 0. The maximum absolute atomic E-state index is 11.1. The van der Waals surface area contributed by atoms with Gasteiger partial charge in [-0.15, -0.1) is 0 Å². The van der Waals surface area contributed by atoms with Gasteiger partial charge in [0.1, 0.15) is 12.1 Å². The van der Waals surface area contributed by atoms with Crippen molar-refractivity contribution in [3.8, 4) is 28.9 Å². The zero-order valence-electron chi connectivity index (χ0n) is 15.1. The zero-order chi connectivity index (χ0) is 19.4. The average Bonchev–Trinajstić information content (AvgIpc) is 2.67. The maximum atomic E-state index is 11.1. The van der Waals surface area contributed by atoms with Crippen LogP contribution in [0.3, 0.4) is 0 Å². The highest BCUT2D eigenvalue weighted by Gasteiger charge is 2.14. The van der Waals surface area contributed by atoms with E-state index in [0.717, 1.165) is 0 Å². The minimum absolute atomic E-state index is 0.0309. The van der Waals surface area contributed by atoms with E-state index in [4.69, 9.17) is 24.7 Å². The van der Waals surface area contributed by atoms with Crippen molar-refractivity contribution in [3.63, 3.8) is 0 Å². The highest BCUT2D eigenvalue weighted by atomic mass is 16.5. The molecular weight excluding hydrogens is 352 g/mol. The second-order valence-corrected chi connectivity index (χ2v) is 5.47. The summed E-state index contributed by atoms with van der Waals surface area (Å²) < 4.78 is 21.7. The van der Waals surface area contributed by atoms with Gasteiger partial charge in [0, 0.05) is 12.1 Å². The molecule has 0 saturated heterocycles. The Hall–Kier alpha value is -3.62. The Morgan fingerprint density at radius 1 is 0.963 bits per heavy atom. The van der Waals surface area contributed by atoms with E-state index in [0.29, 0.717) is 45.5 Å². The van der Waals surface area contributed by atoms with Gasteiger partial charge in [-0.2, -0.15) is 0 Å². The number of fused-ring (bicyclic) bond motifs is 1. The fourth-order valence-corrected chi connectivity index (χ4v) is 2.54. The third-order valence-electron chi connectivity index (χ3n) is 3.79. The lowest BCUT2D eigenvalue weighted by molar-refractivity contribution is -0.117. The number of pyridine rings is 1. The minimum Gasteiger partial charge on any atom is -0.495 e. The first kappa shape index (κ1) is 18.2. The molecule has 0 unspecified atom stereocenters. The molecule has 0 aliphatic rings. The molecule has 2 N–H and O–H groups in total. The number of methoxy groups -OCH3 is 3. The molecule has 3 rings (SSSR count). The number of benzene rings is 1. The van der Waals surface area contributed by atoms with Crippen LogP contribution in [-0.2, 0) is 11.2 Å². The molecule has 3 aromatic rings. The van der Waals surface area contributed by atoms with Gasteiger partial charge in [-0.25, -0.2) is 9.97 Å². The summed E-state index contributed by atoms with van der Waals surface area (Å²) in [6, 6.07) is 5.08. The molecule has 0 aliphatic heterocycles. The molecule has 1 amide bonds. The number of hydrogen-bond acceptors (Lipinski definition) is 8. The van der Waals surface area contributed by atoms with Crippen LogP contribution in [0.1, 0.15) is 5.69 Å². The van der Waals surface area contributed by atoms with Gasteiger partial charge in [-0.1, -0.05) is 0 Å². The van der Waals surface area contributed by atoms with Crippen LogP contribution in [0.2, 0.25) is 0 Å². The summed E-state index contributed by atoms with van der Waals surface area (Å²) in [4.78, 5) is 23.7. The van der Waals surface area contributed by atoms with Gasteiger partial charge < -0.3 is 24.7 Å². The first-order valence-electron chi connectivity index (χ1n) is 7.91. The van der Waals surface area contributed by atoms with Crippen molar-refractivity contribution < 1.29 is 23.7 Å². The summed E-state index contributed by atoms with van der Waals surface area (Å²) in [6.45, 7) is 0. The van der Waals surface area contributed by atoms with Crippen LogP contribution in [0.4, 0.5) is 0 Å². The second kappa shape index (κ2) is 7.73. The minimum atomic E-state index is -0.502. The van der Waals surface area contributed by atoms with Crippen LogP contribution in [0.5, 0.6) is 28.9 Å². The third-order valence-corrected chi connectivity index (χ3v) is 3.79. The van der Waals surface area contributed by atoms with E-state index in [9.17, 15) is 4.79 Å². The predicted octanol–water partition coefficient (Wildman–Crippen LogP) is 1.87. The topological polar surface area (TPSA) is 119 Å². The molecule has 9 nitrogen and oxygen atoms in total. The molecule has 0 fully saturated rings. The number of carbonyl (C=O) groups excluding carboxylic acids is 1. The number of nitrogens with two attached hydrogens (primary N) is 1. The van der Waals surface area contributed by atoms with Gasteiger partial charge in [0.15, 0.2) is 17.2 Å². The predicted molar refractivity (Wildman–Crippen MR) is 96.4 cm³/mol. The molecule has 1 aromatic carbocycles. The van der Waals surface area contributed by atoms with Crippen molar-refractivity contribution in [2.24, 2.45) is 5.73 Å². The van der Waals surface area contributed by atoms with E-state index >= 15 is 0 Å². The number of carbonyl (C=O) groups is 1. The number of nitrogens with zero attached hydrogens (tertiary/aromatic N) is 3. The maximum Gasteiger partial charge on any atom is 0.230 e. The average molecular weight is 370 g/mol. The van der Waals surface area contributed by atoms with Gasteiger partial charge in [-0.3, -0.25) is 9.78 Å². The van der Waals surface area contributed by atoms with Crippen molar-refractivity contribution in [3.05, 3.63) is 36.4 Å². The van der Waals surface area contributed by atoms with Crippen LogP contribution in [0.15, 0.2) is 30.7 Å². The lowest BCUT2D eigenvalue weighted by Gasteiger charge is -2.12. The first-order chi connectivity index (χ1) is 13.0. The molecule has 0 spiro atoms. The van der Waals surface area contributed by atoms with Crippen LogP contribution in [-0.4, -0.2) is 42.2 Å². The third kappa shape index (κ3) is 3.81. The second-order valence-electron chi connectivity index (χ2n) is 5.47. The summed E-state index contributed by atoms with van der Waals surface area (Å²) in [7, 11) is 4.57. The van der Waals surface area contributed by atoms with E-state index in [1.807, 2.05) is 0 Å². The molecule has 27 heavy (non-hydrogen) atoms. The highest BCUT2D eigenvalue weighted by molar-refractivity contribution is 5.87. The molecule has 0 atom stereocenters. The SMILES string of the molecule is COc1cc2ncnc(Oc3cnc(CC(N)=O)c(OC)c3)c2cc1OC. The zero-order valence-corrected chi connectivity index (χ0v) is 15.1. The van der Waals surface area contributed by atoms with Crippen molar-refractivity contribution in [1.29, 1.82) is 0 Å². The number of hydrogen-bond donors (Lipinski definition) is 1. The van der Waals surface area contributed by atoms with Crippen LogP contribution >= 0.6 is 0 Å². The Balaban J connectivity index is 2.00. The monoisotopic (exact) mass is 370 g/mol. The van der Waals surface area contributed by atoms with Crippen molar-refractivity contribution in [1.82, 2.24) is 15.0 Å². The standard InChI is InChI=1S/C18H18N4O5/c1-24-14-4-10(8-20-13(14)7-17(19)23)27-18-11-5-15(25-2)16(26-3)6-12(11)21-9-22-18/h4-6,8-9H,7H2,1-3H3,(H2,19,23). The van der Waals surface area contributed by atoms with E-state index in [2.05, 4.69) is 15.0 Å². The fraction of sp³-hybridized carbons (Fsp3) is 0.222. The van der Waals surface area contributed by atoms with Crippen molar-refractivity contribution in [2.75, 3.05) is 21.3 Å². The van der Waals surface area contributed by atoms with Crippen LogP contribution < -0.4 is 24.7 Å². The number of rotatable bonds is 7. The molecule has 0 radical (unpaired) electrons. The molecular formula is C18H18N4O5. The van der Waals surface area contributed by atoms with Gasteiger partial charge >= 0.3 is 0 Å². The summed E-state index contributed by atoms with van der Waals surface area (Å²) in [5.74, 6) is 1.66. The number of aromatic nitrogens is 3. The fourth-order valence-electron chi connectivity index (χ4n) is 2.54.